The quantitative estimate of drug-likeness (QED) is 0.890. The van der Waals surface area contributed by atoms with Crippen LogP contribution in [0.2, 0.25) is 0 Å². The van der Waals surface area contributed by atoms with Crippen LogP contribution < -0.4 is 9.62 Å². The Labute approximate surface area is 146 Å². The van der Waals surface area contributed by atoms with E-state index < -0.39 is 10.0 Å². The Morgan fingerprint density at radius 3 is 2.56 bits per heavy atom. The van der Waals surface area contributed by atoms with Gasteiger partial charge in [-0.2, -0.15) is 5.26 Å². The number of carbonyl (C=O) groups excluding carboxylic acids is 1. The number of carbonyl (C=O) groups is 1. The first kappa shape index (κ1) is 17.1. The Hall–Kier alpha value is -2.69. The van der Waals surface area contributed by atoms with Crippen LogP contribution in [0.25, 0.3) is 0 Å². The number of rotatable bonds is 5. The van der Waals surface area contributed by atoms with E-state index in [0.717, 1.165) is 17.7 Å². The van der Waals surface area contributed by atoms with Crippen LogP contribution in [0.1, 0.15) is 24.0 Å². The number of hydrogen-bond donors (Lipinski definition) is 1. The minimum atomic E-state index is -3.67. The fourth-order valence-electron chi connectivity index (χ4n) is 2.73. The molecule has 2 aromatic rings. The molecule has 1 fully saturated rings. The van der Waals surface area contributed by atoms with Crippen molar-refractivity contribution in [1.29, 1.82) is 5.26 Å². The Balaban J connectivity index is 1.72. The van der Waals surface area contributed by atoms with Crippen molar-refractivity contribution >= 4 is 21.6 Å². The second-order valence-electron chi connectivity index (χ2n) is 5.78. The minimum Gasteiger partial charge on any atom is -0.312 e. The SMILES string of the molecule is N#Cc1ccc(S(=O)(=O)NCc2cccc(N3CCCC3=O)c2)cc1. The summed E-state index contributed by atoms with van der Waals surface area (Å²) in [6.07, 6.45) is 1.39. The molecule has 1 amide bonds. The third kappa shape index (κ3) is 3.87. The number of hydrogen-bond acceptors (Lipinski definition) is 4. The monoisotopic (exact) mass is 355 g/mol. The Morgan fingerprint density at radius 2 is 1.92 bits per heavy atom. The lowest BCUT2D eigenvalue weighted by Crippen LogP contribution is -2.25. The normalized spacial score (nSPS) is 14.5. The van der Waals surface area contributed by atoms with Gasteiger partial charge in [0.2, 0.25) is 15.9 Å². The van der Waals surface area contributed by atoms with E-state index in [1.807, 2.05) is 30.3 Å². The third-order valence-corrected chi connectivity index (χ3v) is 5.47. The molecule has 0 saturated carbocycles. The molecule has 0 spiro atoms. The van der Waals surface area contributed by atoms with Gasteiger partial charge in [-0.15, -0.1) is 0 Å². The van der Waals surface area contributed by atoms with Gasteiger partial charge in [-0.05, 0) is 48.4 Å². The molecule has 0 aromatic heterocycles. The molecule has 0 aliphatic carbocycles. The van der Waals surface area contributed by atoms with Crippen LogP contribution >= 0.6 is 0 Å². The second-order valence-corrected chi connectivity index (χ2v) is 7.55. The highest BCUT2D eigenvalue weighted by atomic mass is 32.2. The number of sulfonamides is 1. The van der Waals surface area contributed by atoms with E-state index in [2.05, 4.69) is 4.72 Å². The van der Waals surface area contributed by atoms with Crippen molar-refractivity contribution in [2.45, 2.75) is 24.3 Å². The maximum Gasteiger partial charge on any atom is 0.240 e. The largest absolute Gasteiger partial charge is 0.312 e. The van der Waals surface area contributed by atoms with Gasteiger partial charge in [-0.3, -0.25) is 4.79 Å². The van der Waals surface area contributed by atoms with Crippen molar-refractivity contribution in [1.82, 2.24) is 4.72 Å². The smallest absolute Gasteiger partial charge is 0.240 e. The first-order valence-corrected chi connectivity index (χ1v) is 9.37. The molecule has 0 atom stereocenters. The highest BCUT2D eigenvalue weighted by Crippen LogP contribution is 2.22. The number of nitrogens with zero attached hydrogens (tertiary/aromatic N) is 2. The molecule has 2 aromatic carbocycles. The van der Waals surface area contributed by atoms with E-state index >= 15 is 0 Å². The fourth-order valence-corrected chi connectivity index (χ4v) is 3.74. The Morgan fingerprint density at radius 1 is 1.16 bits per heavy atom. The summed E-state index contributed by atoms with van der Waals surface area (Å²) in [5.41, 5.74) is 1.97. The molecule has 128 valence electrons. The van der Waals surface area contributed by atoms with E-state index in [1.54, 1.807) is 4.90 Å². The lowest BCUT2D eigenvalue weighted by atomic mass is 10.2. The van der Waals surface area contributed by atoms with Crippen molar-refractivity contribution in [2.24, 2.45) is 0 Å². The Bertz CT molecular complexity index is 931. The molecule has 1 aliphatic heterocycles. The predicted molar refractivity (Wildman–Crippen MR) is 93.2 cm³/mol. The molecule has 0 bridgehead atoms. The molecule has 1 heterocycles. The summed E-state index contributed by atoms with van der Waals surface area (Å²) in [5.74, 6) is 0.0929. The van der Waals surface area contributed by atoms with Crippen molar-refractivity contribution in [3.8, 4) is 6.07 Å². The van der Waals surface area contributed by atoms with Gasteiger partial charge in [-0.1, -0.05) is 12.1 Å². The predicted octanol–water partition coefficient (Wildman–Crippen LogP) is 2.16. The second kappa shape index (κ2) is 7.05. The van der Waals surface area contributed by atoms with E-state index in [0.29, 0.717) is 18.5 Å². The molecule has 0 radical (unpaired) electrons. The summed E-state index contributed by atoms with van der Waals surface area (Å²) in [6, 6.07) is 15.0. The zero-order chi connectivity index (χ0) is 17.9. The topological polar surface area (TPSA) is 90.3 Å². The fraction of sp³-hybridized carbons (Fsp3) is 0.222. The van der Waals surface area contributed by atoms with E-state index in [4.69, 9.17) is 5.26 Å². The lowest BCUT2D eigenvalue weighted by Gasteiger charge is -2.16. The van der Waals surface area contributed by atoms with E-state index in [-0.39, 0.29) is 17.3 Å². The van der Waals surface area contributed by atoms with Crippen LogP contribution in [-0.2, 0) is 21.4 Å². The molecule has 1 N–H and O–H groups in total. The van der Waals surface area contributed by atoms with Gasteiger partial charge in [0.15, 0.2) is 0 Å². The first-order chi connectivity index (χ1) is 12.0. The number of benzene rings is 2. The van der Waals surface area contributed by atoms with Crippen molar-refractivity contribution in [3.63, 3.8) is 0 Å². The summed E-state index contributed by atoms with van der Waals surface area (Å²) in [5, 5.41) is 8.77. The van der Waals surface area contributed by atoms with Crippen molar-refractivity contribution in [3.05, 3.63) is 59.7 Å². The maximum atomic E-state index is 12.3. The van der Waals surface area contributed by atoms with Gasteiger partial charge in [-0.25, -0.2) is 13.1 Å². The molecule has 0 unspecified atom stereocenters. The number of nitrogens with one attached hydrogen (secondary N) is 1. The van der Waals surface area contributed by atoms with Crippen LogP contribution in [0.15, 0.2) is 53.4 Å². The summed E-state index contributed by atoms with van der Waals surface area (Å²) < 4.78 is 27.2. The van der Waals surface area contributed by atoms with Crippen LogP contribution in [0.4, 0.5) is 5.69 Å². The van der Waals surface area contributed by atoms with Gasteiger partial charge in [0.25, 0.3) is 0 Å². The zero-order valence-corrected chi connectivity index (χ0v) is 14.3. The molecule has 1 aliphatic rings. The number of nitriles is 1. The summed E-state index contributed by atoms with van der Waals surface area (Å²) in [7, 11) is -3.67. The molecule has 3 rings (SSSR count). The Kier molecular flexibility index (Phi) is 4.83. The minimum absolute atomic E-state index is 0.0929. The van der Waals surface area contributed by atoms with E-state index in [9.17, 15) is 13.2 Å². The summed E-state index contributed by atoms with van der Waals surface area (Å²) in [6.45, 7) is 0.817. The maximum absolute atomic E-state index is 12.3. The van der Waals surface area contributed by atoms with Gasteiger partial charge in [0.1, 0.15) is 0 Å². The third-order valence-electron chi connectivity index (χ3n) is 4.06. The molecule has 1 saturated heterocycles. The first-order valence-electron chi connectivity index (χ1n) is 7.89. The molecule has 25 heavy (non-hydrogen) atoms. The van der Waals surface area contributed by atoms with Crippen molar-refractivity contribution < 1.29 is 13.2 Å². The van der Waals surface area contributed by atoms with Crippen LogP contribution in [0.5, 0.6) is 0 Å². The van der Waals surface area contributed by atoms with Crippen LogP contribution in [0, 0.1) is 11.3 Å². The van der Waals surface area contributed by atoms with Crippen LogP contribution in [-0.4, -0.2) is 20.9 Å². The lowest BCUT2D eigenvalue weighted by molar-refractivity contribution is -0.117. The van der Waals surface area contributed by atoms with E-state index in [1.165, 1.54) is 24.3 Å². The van der Waals surface area contributed by atoms with Gasteiger partial charge >= 0.3 is 0 Å². The number of amides is 1. The summed E-state index contributed by atoms with van der Waals surface area (Å²) >= 11 is 0. The van der Waals surface area contributed by atoms with Gasteiger partial charge in [0, 0.05) is 25.2 Å². The number of anilines is 1. The zero-order valence-electron chi connectivity index (χ0n) is 13.5. The molecular weight excluding hydrogens is 338 g/mol. The molecular formula is C18H17N3O3S. The van der Waals surface area contributed by atoms with Gasteiger partial charge in [0.05, 0.1) is 16.5 Å². The highest BCUT2D eigenvalue weighted by Gasteiger charge is 2.21. The average molecular weight is 355 g/mol. The standard InChI is InChI=1S/C18H17N3O3S/c19-12-14-6-8-17(9-7-14)25(23,24)20-13-15-3-1-4-16(11-15)21-10-2-5-18(21)22/h1,3-4,6-9,11,20H,2,5,10,13H2. The van der Waals surface area contributed by atoms with Crippen LogP contribution in [0.3, 0.4) is 0 Å². The highest BCUT2D eigenvalue weighted by molar-refractivity contribution is 7.89. The average Bonchev–Trinajstić information content (AvgIpc) is 3.06. The molecule has 6 nitrogen and oxygen atoms in total. The molecule has 7 heteroatoms. The summed E-state index contributed by atoms with van der Waals surface area (Å²) in [4.78, 5) is 13.7. The van der Waals surface area contributed by atoms with Crippen molar-refractivity contribution in [2.75, 3.05) is 11.4 Å². The van der Waals surface area contributed by atoms with Gasteiger partial charge < -0.3 is 4.90 Å².